The Labute approximate surface area is 124 Å². The van der Waals surface area contributed by atoms with Gasteiger partial charge in [0.05, 0.1) is 7.11 Å². The quantitative estimate of drug-likeness (QED) is 0.720. The van der Waals surface area contributed by atoms with Gasteiger partial charge in [0.25, 0.3) is 0 Å². The van der Waals surface area contributed by atoms with Crippen LogP contribution in [0.5, 0.6) is 5.75 Å². The molecule has 0 saturated heterocycles. The van der Waals surface area contributed by atoms with Crippen molar-refractivity contribution in [3.05, 3.63) is 29.8 Å². The van der Waals surface area contributed by atoms with Crippen molar-refractivity contribution in [2.75, 3.05) is 13.7 Å². The lowest BCUT2D eigenvalue weighted by molar-refractivity contribution is -0.137. The van der Waals surface area contributed by atoms with Crippen LogP contribution in [0.1, 0.15) is 37.2 Å². The smallest absolute Gasteiger partial charge is 0.303 e. The number of ether oxygens (including phenoxy) is 1. The summed E-state index contributed by atoms with van der Waals surface area (Å²) in [5, 5.41) is 11.4. The first-order valence-electron chi connectivity index (χ1n) is 7.25. The van der Waals surface area contributed by atoms with Gasteiger partial charge < -0.3 is 15.2 Å². The molecule has 0 radical (unpaired) electrons. The van der Waals surface area contributed by atoms with Crippen molar-refractivity contribution < 1.29 is 19.4 Å². The van der Waals surface area contributed by atoms with Crippen LogP contribution in [0.4, 0.5) is 0 Å². The third kappa shape index (κ3) is 4.48. The van der Waals surface area contributed by atoms with Crippen molar-refractivity contribution in [3.8, 4) is 5.75 Å². The van der Waals surface area contributed by atoms with Gasteiger partial charge in [-0.05, 0) is 42.9 Å². The maximum absolute atomic E-state index is 12.0. The number of hydrogen-bond donors (Lipinski definition) is 2. The third-order valence-corrected chi connectivity index (χ3v) is 3.77. The van der Waals surface area contributed by atoms with Crippen molar-refractivity contribution in [2.45, 2.75) is 31.6 Å². The molecule has 21 heavy (non-hydrogen) atoms. The van der Waals surface area contributed by atoms with E-state index in [1.165, 1.54) is 0 Å². The van der Waals surface area contributed by atoms with E-state index >= 15 is 0 Å². The van der Waals surface area contributed by atoms with Gasteiger partial charge in [-0.1, -0.05) is 12.1 Å². The minimum absolute atomic E-state index is 0.0385. The zero-order chi connectivity index (χ0) is 15.2. The molecule has 0 bridgehead atoms. The van der Waals surface area contributed by atoms with Crippen LogP contribution >= 0.6 is 0 Å². The van der Waals surface area contributed by atoms with Crippen LogP contribution in [0, 0.1) is 5.92 Å². The molecule has 0 heterocycles. The van der Waals surface area contributed by atoms with E-state index < -0.39 is 5.97 Å². The molecular weight excluding hydrogens is 270 g/mol. The number of carboxylic acid groups (broad SMARTS) is 1. The number of carboxylic acids is 1. The van der Waals surface area contributed by atoms with Gasteiger partial charge in [0.1, 0.15) is 5.75 Å². The van der Waals surface area contributed by atoms with Gasteiger partial charge in [0.2, 0.25) is 5.91 Å². The summed E-state index contributed by atoms with van der Waals surface area (Å²) >= 11 is 0. The number of unbranched alkanes of at least 4 members (excludes halogenated alkanes) is 1. The highest BCUT2D eigenvalue weighted by molar-refractivity contribution is 5.82. The second kappa shape index (κ2) is 7.11. The van der Waals surface area contributed by atoms with Crippen LogP contribution in [-0.4, -0.2) is 30.6 Å². The van der Waals surface area contributed by atoms with Crippen LogP contribution in [0.2, 0.25) is 0 Å². The fourth-order valence-electron chi connectivity index (χ4n) is 2.47. The minimum atomic E-state index is -0.790. The normalized spacial score (nSPS) is 19.9. The fourth-order valence-corrected chi connectivity index (χ4v) is 2.47. The summed E-state index contributed by atoms with van der Waals surface area (Å²) in [6, 6.07) is 7.83. The Morgan fingerprint density at radius 3 is 2.90 bits per heavy atom. The van der Waals surface area contributed by atoms with E-state index in [2.05, 4.69) is 5.32 Å². The molecule has 2 N–H and O–H groups in total. The van der Waals surface area contributed by atoms with E-state index in [4.69, 9.17) is 9.84 Å². The largest absolute Gasteiger partial charge is 0.497 e. The van der Waals surface area contributed by atoms with Gasteiger partial charge in [-0.3, -0.25) is 9.59 Å². The van der Waals surface area contributed by atoms with Gasteiger partial charge in [0, 0.05) is 18.9 Å². The molecule has 5 nitrogen and oxygen atoms in total. The lowest BCUT2D eigenvalue weighted by Gasteiger charge is -2.05. The summed E-state index contributed by atoms with van der Waals surface area (Å²) in [6.45, 7) is 0.549. The summed E-state index contributed by atoms with van der Waals surface area (Å²) in [5.74, 6) is 0.405. The van der Waals surface area contributed by atoms with Crippen LogP contribution in [0.15, 0.2) is 24.3 Å². The Hall–Kier alpha value is -2.04. The van der Waals surface area contributed by atoms with Crippen molar-refractivity contribution >= 4 is 11.9 Å². The lowest BCUT2D eigenvalue weighted by Crippen LogP contribution is -2.26. The van der Waals surface area contributed by atoms with Crippen LogP contribution in [-0.2, 0) is 9.59 Å². The Morgan fingerprint density at radius 2 is 2.19 bits per heavy atom. The predicted molar refractivity (Wildman–Crippen MR) is 78.3 cm³/mol. The first-order valence-corrected chi connectivity index (χ1v) is 7.25. The molecule has 1 saturated carbocycles. The fraction of sp³-hybridized carbons (Fsp3) is 0.500. The Balaban J connectivity index is 1.72. The van der Waals surface area contributed by atoms with E-state index in [1.807, 2.05) is 24.3 Å². The Morgan fingerprint density at radius 1 is 1.38 bits per heavy atom. The number of amides is 1. The Bertz CT molecular complexity index is 515. The minimum Gasteiger partial charge on any atom is -0.497 e. The van der Waals surface area contributed by atoms with Gasteiger partial charge in [0.15, 0.2) is 0 Å². The van der Waals surface area contributed by atoms with Gasteiger partial charge in [-0.25, -0.2) is 0 Å². The number of nitrogens with one attached hydrogen (secondary N) is 1. The van der Waals surface area contributed by atoms with Crippen LogP contribution in [0.3, 0.4) is 0 Å². The summed E-state index contributed by atoms with van der Waals surface area (Å²) in [7, 11) is 1.63. The molecule has 1 fully saturated rings. The highest BCUT2D eigenvalue weighted by Gasteiger charge is 2.43. The summed E-state index contributed by atoms with van der Waals surface area (Å²) in [6.07, 6.45) is 2.33. The number of carbonyl (C=O) groups is 2. The maximum Gasteiger partial charge on any atom is 0.303 e. The van der Waals surface area contributed by atoms with Crippen molar-refractivity contribution in [1.29, 1.82) is 0 Å². The standard InChI is InChI=1S/C16H21NO4/c1-21-12-6-4-5-11(9-12)13-10-14(13)16(20)17-8-3-2-7-15(18)19/h4-6,9,13-14H,2-3,7-8,10H2,1H3,(H,17,20)(H,18,19). The summed E-state index contributed by atoms with van der Waals surface area (Å²) in [5.41, 5.74) is 1.14. The number of carbonyl (C=O) groups excluding carboxylic acids is 1. The monoisotopic (exact) mass is 291 g/mol. The molecule has 0 aromatic heterocycles. The molecule has 1 aromatic rings. The lowest BCUT2D eigenvalue weighted by atomic mass is 10.1. The maximum atomic E-state index is 12.0. The van der Waals surface area contributed by atoms with E-state index in [1.54, 1.807) is 7.11 Å². The summed E-state index contributed by atoms with van der Waals surface area (Å²) in [4.78, 5) is 22.4. The highest BCUT2D eigenvalue weighted by atomic mass is 16.5. The van der Waals surface area contributed by atoms with E-state index in [-0.39, 0.29) is 24.2 Å². The number of rotatable bonds is 8. The molecular formula is C16H21NO4. The molecule has 2 unspecified atom stereocenters. The van der Waals surface area contributed by atoms with Crippen LogP contribution < -0.4 is 10.1 Å². The molecule has 2 rings (SSSR count). The second-order valence-electron chi connectivity index (χ2n) is 5.37. The molecule has 1 aromatic carbocycles. The van der Waals surface area contributed by atoms with Crippen molar-refractivity contribution in [3.63, 3.8) is 0 Å². The van der Waals surface area contributed by atoms with E-state index in [9.17, 15) is 9.59 Å². The summed E-state index contributed by atoms with van der Waals surface area (Å²) < 4.78 is 5.19. The van der Waals surface area contributed by atoms with Crippen molar-refractivity contribution in [2.24, 2.45) is 5.92 Å². The first-order chi connectivity index (χ1) is 10.1. The Kier molecular flexibility index (Phi) is 5.20. The van der Waals surface area contributed by atoms with Crippen molar-refractivity contribution in [1.82, 2.24) is 5.32 Å². The van der Waals surface area contributed by atoms with E-state index in [0.29, 0.717) is 19.4 Å². The topological polar surface area (TPSA) is 75.6 Å². The van der Waals surface area contributed by atoms with Crippen LogP contribution in [0.25, 0.3) is 0 Å². The molecule has 1 amide bonds. The van der Waals surface area contributed by atoms with Gasteiger partial charge in [-0.2, -0.15) is 0 Å². The average molecular weight is 291 g/mol. The average Bonchev–Trinajstić information content (AvgIpc) is 3.27. The SMILES string of the molecule is COc1cccc(C2CC2C(=O)NCCCCC(=O)O)c1. The number of methoxy groups -OCH3 is 1. The van der Waals surface area contributed by atoms with E-state index in [0.717, 1.165) is 17.7 Å². The molecule has 1 aliphatic rings. The number of hydrogen-bond acceptors (Lipinski definition) is 3. The van der Waals surface area contributed by atoms with Gasteiger partial charge in [-0.15, -0.1) is 0 Å². The molecule has 2 atom stereocenters. The molecule has 0 aliphatic heterocycles. The zero-order valence-electron chi connectivity index (χ0n) is 12.2. The third-order valence-electron chi connectivity index (χ3n) is 3.77. The number of aliphatic carboxylic acids is 1. The molecule has 0 spiro atoms. The molecule has 5 heteroatoms. The number of benzene rings is 1. The second-order valence-corrected chi connectivity index (χ2v) is 5.37. The molecule has 1 aliphatic carbocycles. The zero-order valence-corrected chi connectivity index (χ0v) is 12.2. The predicted octanol–water partition coefficient (Wildman–Crippen LogP) is 2.17. The molecule has 114 valence electrons. The highest BCUT2D eigenvalue weighted by Crippen LogP contribution is 2.48. The first kappa shape index (κ1) is 15.4. The van der Waals surface area contributed by atoms with Gasteiger partial charge >= 0.3 is 5.97 Å².